The van der Waals surface area contributed by atoms with Gasteiger partial charge in [0.05, 0.1) is 12.3 Å². The largest absolute Gasteiger partial charge is 0.393 e. The zero-order chi connectivity index (χ0) is 11.1. The van der Waals surface area contributed by atoms with Crippen LogP contribution in [0.3, 0.4) is 0 Å². The molecule has 1 unspecified atom stereocenters. The number of rotatable bonds is 6. The van der Waals surface area contributed by atoms with Crippen LogP contribution in [0.5, 0.6) is 0 Å². The van der Waals surface area contributed by atoms with Crippen LogP contribution in [0.2, 0.25) is 0 Å². The lowest BCUT2D eigenvalue weighted by Crippen LogP contribution is -2.30. The lowest BCUT2D eigenvalue weighted by atomic mass is 10.2. The predicted octanol–water partition coefficient (Wildman–Crippen LogP) is -0.445. The number of hydrogen-bond donors (Lipinski definition) is 2. The van der Waals surface area contributed by atoms with Gasteiger partial charge in [0.25, 0.3) is 0 Å². The van der Waals surface area contributed by atoms with E-state index in [2.05, 4.69) is 15.6 Å². The Morgan fingerprint density at radius 2 is 2.47 bits per heavy atom. The summed E-state index contributed by atoms with van der Waals surface area (Å²) >= 11 is 0. The topological polar surface area (TPSA) is 80.0 Å². The van der Waals surface area contributed by atoms with E-state index >= 15 is 0 Å². The Labute approximate surface area is 88.3 Å². The van der Waals surface area contributed by atoms with E-state index in [9.17, 15) is 9.90 Å². The first-order valence-electron chi connectivity index (χ1n) is 5.01. The Hall–Kier alpha value is -1.43. The molecule has 0 spiro atoms. The van der Waals surface area contributed by atoms with Crippen LogP contribution < -0.4 is 5.32 Å². The number of aromatic nitrogens is 3. The second-order valence-corrected chi connectivity index (χ2v) is 3.30. The summed E-state index contributed by atoms with van der Waals surface area (Å²) in [7, 11) is 0. The SMILES string of the molecule is CCC(O)CCNC(=O)Cn1ccnn1. The van der Waals surface area contributed by atoms with E-state index in [1.807, 2.05) is 6.92 Å². The molecule has 0 saturated heterocycles. The summed E-state index contributed by atoms with van der Waals surface area (Å²) in [6.07, 6.45) is 4.10. The zero-order valence-corrected chi connectivity index (χ0v) is 8.76. The van der Waals surface area contributed by atoms with Gasteiger partial charge in [-0.15, -0.1) is 5.10 Å². The van der Waals surface area contributed by atoms with Gasteiger partial charge in [-0.05, 0) is 12.8 Å². The van der Waals surface area contributed by atoms with Crippen LogP contribution in [0, 0.1) is 0 Å². The molecule has 1 heterocycles. The van der Waals surface area contributed by atoms with Crippen molar-refractivity contribution in [1.29, 1.82) is 0 Å². The normalized spacial score (nSPS) is 12.4. The average molecular weight is 212 g/mol. The number of nitrogens with one attached hydrogen (secondary N) is 1. The maximum atomic E-state index is 11.3. The summed E-state index contributed by atoms with van der Waals surface area (Å²) in [6, 6.07) is 0. The van der Waals surface area contributed by atoms with Crippen LogP contribution in [0.15, 0.2) is 12.4 Å². The Morgan fingerprint density at radius 3 is 3.07 bits per heavy atom. The fraction of sp³-hybridized carbons (Fsp3) is 0.667. The lowest BCUT2D eigenvalue weighted by Gasteiger charge is -2.08. The highest BCUT2D eigenvalue weighted by Crippen LogP contribution is 1.94. The number of aliphatic hydroxyl groups excluding tert-OH is 1. The number of aliphatic hydroxyl groups is 1. The maximum Gasteiger partial charge on any atom is 0.241 e. The van der Waals surface area contributed by atoms with Crippen molar-refractivity contribution in [3.63, 3.8) is 0 Å². The number of carbonyl (C=O) groups is 1. The van der Waals surface area contributed by atoms with Crippen LogP contribution in [-0.2, 0) is 11.3 Å². The average Bonchev–Trinajstić information content (AvgIpc) is 2.70. The summed E-state index contributed by atoms with van der Waals surface area (Å²) in [5, 5.41) is 19.2. The van der Waals surface area contributed by atoms with Crippen LogP contribution in [0.25, 0.3) is 0 Å². The molecule has 6 heteroatoms. The van der Waals surface area contributed by atoms with Crippen LogP contribution in [0.4, 0.5) is 0 Å². The Kier molecular flexibility index (Phi) is 4.76. The van der Waals surface area contributed by atoms with E-state index in [1.165, 1.54) is 10.9 Å². The van der Waals surface area contributed by atoms with Crippen molar-refractivity contribution in [2.45, 2.75) is 32.4 Å². The van der Waals surface area contributed by atoms with Crippen molar-refractivity contribution in [1.82, 2.24) is 20.3 Å². The molecule has 0 saturated carbocycles. The second-order valence-electron chi connectivity index (χ2n) is 3.30. The molecule has 1 amide bonds. The van der Waals surface area contributed by atoms with E-state index < -0.39 is 0 Å². The molecule has 0 aromatic carbocycles. The Balaban J connectivity index is 2.14. The van der Waals surface area contributed by atoms with Gasteiger partial charge in [-0.25, -0.2) is 4.68 Å². The highest BCUT2D eigenvalue weighted by atomic mass is 16.3. The minimum Gasteiger partial charge on any atom is -0.393 e. The van der Waals surface area contributed by atoms with Crippen molar-refractivity contribution in [3.05, 3.63) is 12.4 Å². The molecule has 1 aromatic rings. The molecule has 0 fully saturated rings. The van der Waals surface area contributed by atoms with E-state index in [0.29, 0.717) is 19.4 Å². The molecule has 1 rings (SSSR count). The van der Waals surface area contributed by atoms with Crippen molar-refractivity contribution in [3.8, 4) is 0 Å². The summed E-state index contributed by atoms with van der Waals surface area (Å²) < 4.78 is 1.45. The highest BCUT2D eigenvalue weighted by molar-refractivity contribution is 5.75. The summed E-state index contributed by atoms with van der Waals surface area (Å²) in [6.45, 7) is 2.56. The molecule has 0 radical (unpaired) electrons. The maximum absolute atomic E-state index is 11.3. The van der Waals surface area contributed by atoms with Crippen LogP contribution in [-0.4, -0.2) is 38.7 Å². The van der Waals surface area contributed by atoms with Gasteiger partial charge in [0, 0.05) is 12.7 Å². The third-order valence-corrected chi connectivity index (χ3v) is 2.05. The Morgan fingerprint density at radius 1 is 1.67 bits per heavy atom. The fourth-order valence-corrected chi connectivity index (χ4v) is 1.10. The number of amides is 1. The zero-order valence-electron chi connectivity index (χ0n) is 8.76. The molecule has 2 N–H and O–H groups in total. The van der Waals surface area contributed by atoms with Gasteiger partial charge < -0.3 is 10.4 Å². The fourth-order valence-electron chi connectivity index (χ4n) is 1.10. The molecule has 1 aromatic heterocycles. The smallest absolute Gasteiger partial charge is 0.241 e. The standard InChI is InChI=1S/C9H16N4O2/c1-2-8(14)3-4-10-9(15)7-13-6-5-11-12-13/h5-6,8,14H,2-4,7H2,1H3,(H,10,15). The van der Waals surface area contributed by atoms with Gasteiger partial charge in [-0.3, -0.25) is 4.79 Å². The van der Waals surface area contributed by atoms with E-state index in [0.717, 1.165) is 0 Å². The molecule has 0 aliphatic heterocycles. The number of carbonyl (C=O) groups excluding carboxylic acids is 1. The van der Waals surface area contributed by atoms with Gasteiger partial charge in [-0.2, -0.15) is 0 Å². The monoisotopic (exact) mass is 212 g/mol. The van der Waals surface area contributed by atoms with E-state index in [1.54, 1.807) is 6.20 Å². The quantitative estimate of drug-likeness (QED) is 0.669. The molecule has 0 aliphatic rings. The van der Waals surface area contributed by atoms with Gasteiger partial charge in [0.2, 0.25) is 5.91 Å². The minimum atomic E-state index is -0.336. The molecule has 84 valence electrons. The lowest BCUT2D eigenvalue weighted by molar-refractivity contribution is -0.121. The van der Waals surface area contributed by atoms with Crippen LogP contribution >= 0.6 is 0 Å². The summed E-state index contributed by atoms with van der Waals surface area (Å²) in [4.78, 5) is 11.3. The molecular weight excluding hydrogens is 196 g/mol. The third-order valence-electron chi connectivity index (χ3n) is 2.05. The minimum absolute atomic E-state index is 0.121. The molecule has 6 nitrogen and oxygen atoms in total. The van der Waals surface area contributed by atoms with Crippen molar-refractivity contribution in [2.75, 3.05) is 6.54 Å². The van der Waals surface area contributed by atoms with Gasteiger partial charge in [-0.1, -0.05) is 12.1 Å². The van der Waals surface area contributed by atoms with Crippen molar-refractivity contribution in [2.24, 2.45) is 0 Å². The molecule has 0 aliphatic carbocycles. The van der Waals surface area contributed by atoms with E-state index in [4.69, 9.17) is 0 Å². The summed E-state index contributed by atoms with van der Waals surface area (Å²) in [5.41, 5.74) is 0. The molecule has 15 heavy (non-hydrogen) atoms. The molecule has 0 bridgehead atoms. The van der Waals surface area contributed by atoms with Gasteiger partial charge in [0.1, 0.15) is 6.54 Å². The highest BCUT2D eigenvalue weighted by Gasteiger charge is 2.04. The first kappa shape index (κ1) is 11.6. The molecular formula is C9H16N4O2. The first-order valence-corrected chi connectivity index (χ1v) is 5.01. The number of hydrogen-bond acceptors (Lipinski definition) is 4. The number of nitrogens with zero attached hydrogens (tertiary/aromatic N) is 3. The van der Waals surface area contributed by atoms with E-state index in [-0.39, 0.29) is 18.6 Å². The van der Waals surface area contributed by atoms with Crippen LogP contribution in [0.1, 0.15) is 19.8 Å². The molecule has 1 atom stereocenters. The van der Waals surface area contributed by atoms with Gasteiger partial charge >= 0.3 is 0 Å². The third kappa shape index (κ3) is 4.55. The Bertz CT molecular complexity index is 286. The first-order chi connectivity index (χ1) is 7.22. The predicted molar refractivity (Wildman–Crippen MR) is 53.9 cm³/mol. The van der Waals surface area contributed by atoms with Crippen molar-refractivity contribution >= 4 is 5.91 Å². The van der Waals surface area contributed by atoms with Gasteiger partial charge in [0.15, 0.2) is 0 Å². The summed E-state index contributed by atoms with van der Waals surface area (Å²) in [5.74, 6) is -0.121. The van der Waals surface area contributed by atoms with Crippen molar-refractivity contribution < 1.29 is 9.90 Å². The second kappa shape index (κ2) is 6.13.